The average Bonchev–Trinajstić information content (AvgIpc) is 3.14. The maximum Gasteiger partial charge on any atom is 0.280 e. The van der Waals surface area contributed by atoms with E-state index in [1.165, 1.54) is 0 Å². The lowest BCUT2D eigenvalue weighted by Crippen LogP contribution is -2.37. The number of likely N-dealkylation sites (N-methyl/N-ethyl adjacent to an activating group) is 1. The van der Waals surface area contributed by atoms with E-state index in [-0.39, 0.29) is 18.3 Å². The number of carbonyl (C=O) groups excluding carboxylic acids is 1. The first kappa shape index (κ1) is 19.4. The Labute approximate surface area is 157 Å². The van der Waals surface area contributed by atoms with E-state index < -0.39 is 0 Å². The summed E-state index contributed by atoms with van der Waals surface area (Å²) in [6, 6.07) is 7.84. The zero-order chi connectivity index (χ0) is 17.3. The molecule has 0 radical (unpaired) electrons. The van der Waals surface area contributed by atoms with E-state index in [0.717, 1.165) is 27.5 Å². The molecule has 1 aromatic carbocycles. The Bertz CT molecular complexity index is 873. The SMILES string of the molecule is Cc1cccc2sc(N(CCN(C)C)C(=O)c3ccn(C)n3)nc12.Cl. The highest BCUT2D eigenvalue weighted by Crippen LogP contribution is 2.31. The van der Waals surface area contributed by atoms with Gasteiger partial charge < -0.3 is 4.90 Å². The number of aromatic nitrogens is 3. The van der Waals surface area contributed by atoms with Crippen LogP contribution in [0.1, 0.15) is 16.1 Å². The Morgan fingerprint density at radius 2 is 2.00 bits per heavy atom. The van der Waals surface area contributed by atoms with Crippen molar-refractivity contribution in [3.05, 3.63) is 41.7 Å². The quantitative estimate of drug-likeness (QED) is 0.683. The molecule has 2 heterocycles. The molecule has 3 aromatic rings. The van der Waals surface area contributed by atoms with Crippen LogP contribution < -0.4 is 4.90 Å². The van der Waals surface area contributed by atoms with Gasteiger partial charge in [0, 0.05) is 26.3 Å². The van der Waals surface area contributed by atoms with Crippen molar-refractivity contribution in [2.45, 2.75) is 6.92 Å². The molecule has 0 aliphatic carbocycles. The number of benzene rings is 1. The Kier molecular flexibility index (Phi) is 6.16. The van der Waals surface area contributed by atoms with Crippen LogP contribution in [0.4, 0.5) is 5.13 Å². The number of halogens is 1. The second-order valence-electron chi connectivity index (χ2n) is 6.05. The molecule has 134 valence electrons. The maximum absolute atomic E-state index is 12.9. The van der Waals surface area contributed by atoms with Crippen LogP contribution in [0.15, 0.2) is 30.5 Å². The monoisotopic (exact) mass is 379 g/mol. The average molecular weight is 380 g/mol. The molecule has 0 saturated heterocycles. The van der Waals surface area contributed by atoms with Gasteiger partial charge in [-0.1, -0.05) is 23.5 Å². The number of amides is 1. The van der Waals surface area contributed by atoms with Gasteiger partial charge in [0.15, 0.2) is 10.8 Å². The zero-order valence-corrected chi connectivity index (χ0v) is 16.4. The van der Waals surface area contributed by atoms with Crippen LogP contribution in [0.3, 0.4) is 0 Å². The molecular formula is C17H22ClN5OS. The Balaban J connectivity index is 0.00000225. The molecule has 0 unspecified atom stereocenters. The third-order valence-corrected chi connectivity index (χ3v) is 4.83. The van der Waals surface area contributed by atoms with Crippen LogP contribution in [-0.2, 0) is 7.05 Å². The lowest BCUT2D eigenvalue weighted by molar-refractivity contribution is 0.0979. The van der Waals surface area contributed by atoms with Crippen LogP contribution in [0.2, 0.25) is 0 Å². The zero-order valence-electron chi connectivity index (χ0n) is 14.8. The molecule has 8 heteroatoms. The van der Waals surface area contributed by atoms with Crippen molar-refractivity contribution in [2.24, 2.45) is 7.05 Å². The second-order valence-corrected chi connectivity index (χ2v) is 7.06. The Morgan fingerprint density at radius 3 is 2.60 bits per heavy atom. The fourth-order valence-electron chi connectivity index (χ4n) is 2.44. The number of anilines is 1. The first-order chi connectivity index (χ1) is 11.5. The standard InChI is InChI=1S/C17H21N5OS.ClH/c1-12-6-5-7-14-15(12)18-17(24-14)22(11-10-20(2)3)16(23)13-8-9-21(4)19-13;/h5-9H,10-11H2,1-4H3;1H. The third-order valence-electron chi connectivity index (χ3n) is 3.79. The molecule has 0 saturated carbocycles. The summed E-state index contributed by atoms with van der Waals surface area (Å²) in [5.74, 6) is -0.117. The maximum atomic E-state index is 12.9. The summed E-state index contributed by atoms with van der Waals surface area (Å²) < 4.78 is 2.73. The van der Waals surface area contributed by atoms with E-state index in [1.807, 2.05) is 46.3 Å². The van der Waals surface area contributed by atoms with Gasteiger partial charge in [0.1, 0.15) is 0 Å². The van der Waals surface area contributed by atoms with Crippen molar-refractivity contribution < 1.29 is 4.79 Å². The second kappa shape index (κ2) is 7.95. The van der Waals surface area contributed by atoms with Gasteiger partial charge >= 0.3 is 0 Å². The van der Waals surface area contributed by atoms with Gasteiger partial charge in [0.2, 0.25) is 0 Å². The summed E-state index contributed by atoms with van der Waals surface area (Å²) in [4.78, 5) is 21.4. The van der Waals surface area contributed by atoms with Gasteiger partial charge in [0.25, 0.3) is 5.91 Å². The highest BCUT2D eigenvalue weighted by atomic mass is 35.5. The van der Waals surface area contributed by atoms with Crippen LogP contribution in [-0.4, -0.2) is 52.8 Å². The number of thiazole rings is 1. The molecular weight excluding hydrogens is 358 g/mol. The number of rotatable bonds is 5. The van der Waals surface area contributed by atoms with E-state index in [9.17, 15) is 4.79 Å². The largest absolute Gasteiger partial charge is 0.308 e. The number of nitrogens with zero attached hydrogens (tertiary/aromatic N) is 5. The van der Waals surface area contributed by atoms with Gasteiger partial charge in [-0.25, -0.2) is 4.98 Å². The van der Waals surface area contributed by atoms with Gasteiger partial charge in [-0.2, -0.15) is 5.10 Å². The number of carbonyl (C=O) groups is 1. The minimum atomic E-state index is -0.117. The smallest absolute Gasteiger partial charge is 0.280 e. The molecule has 1 amide bonds. The normalized spacial score (nSPS) is 10.9. The molecule has 0 fully saturated rings. The van der Waals surface area contributed by atoms with Crippen LogP contribution >= 0.6 is 23.7 Å². The fraction of sp³-hybridized carbons (Fsp3) is 0.353. The summed E-state index contributed by atoms with van der Waals surface area (Å²) in [6.07, 6.45) is 1.78. The molecule has 0 atom stereocenters. The molecule has 0 bridgehead atoms. The predicted molar refractivity (Wildman–Crippen MR) is 105 cm³/mol. The molecule has 3 rings (SSSR count). The first-order valence-electron chi connectivity index (χ1n) is 7.78. The highest BCUT2D eigenvalue weighted by molar-refractivity contribution is 7.22. The van der Waals surface area contributed by atoms with Crippen molar-refractivity contribution in [3.63, 3.8) is 0 Å². The van der Waals surface area contributed by atoms with E-state index >= 15 is 0 Å². The molecule has 0 spiro atoms. The predicted octanol–water partition coefficient (Wildman–Crippen LogP) is 2.97. The lowest BCUT2D eigenvalue weighted by Gasteiger charge is -2.21. The van der Waals surface area contributed by atoms with Crippen LogP contribution in [0.25, 0.3) is 10.2 Å². The number of para-hydroxylation sites is 1. The van der Waals surface area contributed by atoms with E-state index in [4.69, 9.17) is 4.98 Å². The summed E-state index contributed by atoms with van der Waals surface area (Å²) in [5, 5.41) is 4.96. The fourth-order valence-corrected chi connectivity index (χ4v) is 3.51. The minimum Gasteiger partial charge on any atom is -0.308 e. The topological polar surface area (TPSA) is 54.3 Å². The van der Waals surface area contributed by atoms with Gasteiger partial charge in [-0.3, -0.25) is 14.4 Å². The summed E-state index contributed by atoms with van der Waals surface area (Å²) in [6.45, 7) is 3.37. The third kappa shape index (κ3) is 4.18. The first-order valence-corrected chi connectivity index (χ1v) is 8.60. The van der Waals surface area contributed by atoms with E-state index in [0.29, 0.717) is 12.2 Å². The number of aryl methyl sites for hydroxylation is 2. The summed E-state index contributed by atoms with van der Waals surface area (Å²) >= 11 is 1.54. The van der Waals surface area contributed by atoms with E-state index in [2.05, 4.69) is 10.00 Å². The summed E-state index contributed by atoms with van der Waals surface area (Å²) in [7, 11) is 5.79. The Morgan fingerprint density at radius 1 is 1.24 bits per heavy atom. The number of fused-ring (bicyclic) bond motifs is 1. The van der Waals surface area contributed by atoms with Gasteiger partial charge in [-0.15, -0.1) is 12.4 Å². The minimum absolute atomic E-state index is 0. The molecule has 0 aliphatic heterocycles. The lowest BCUT2D eigenvalue weighted by atomic mass is 10.2. The van der Waals surface area contributed by atoms with Crippen molar-refractivity contribution in [1.29, 1.82) is 0 Å². The van der Waals surface area contributed by atoms with Crippen LogP contribution in [0.5, 0.6) is 0 Å². The highest BCUT2D eigenvalue weighted by Gasteiger charge is 2.23. The van der Waals surface area contributed by atoms with Crippen molar-refractivity contribution in [1.82, 2.24) is 19.7 Å². The van der Waals surface area contributed by atoms with Gasteiger partial charge in [0.05, 0.1) is 10.2 Å². The molecule has 6 nitrogen and oxygen atoms in total. The molecule has 0 N–H and O–H groups in total. The summed E-state index contributed by atoms with van der Waals surface area (Å²) in [5.41, 5.74) is 2.52. The van der Waals surface area contributed by atoms with E-state index in [1.54, 1.807) is 33.2 Å². The van der Waals surface area contributed by atoms with Gasteiger partial charge in [-0.05, 0) is 38.7 Å². The van der Waals surface area contributed by atoms with Crippen molar-refractivity contribution in [2.75, 3.05) is 32.1 Å². The molecule has 0 aliphatic rings. The van der Waals surface area contributed by atoms with Crippen LogP contribution in [0, 0.1) is 6.92 Å². The van der Waals surface area contributed by atoms with Crippen molar-refractivity contribution in [3.8, 4) is 0 Å². The molecule has 2 aromatic heterocycles. The van der Waals surface area contributed by atoms with Crippen molar-refractivity contribution >= 4 is 45.0 Å². The number of hydrogen-bond donors (Lipinski definition) is 0. The molecule has 25 heavy (non-hydrogen) atoms. The Hall–Kier alpha value is -1.96. The number of hydrogen-bond acceptors (Lipinski definition) is 5.